The zero-order valence-electron chi connectivity index (χ0n) is 11.4. The van der Waals surface area contributed by atoms with E-state index in [-0.39, 0.29) is 5.03 Å². The van der Waals surface area contributed by atoms with Gasteiger partial charge >= 0.3 is 0 Å². The standard InChI is InChI=1S/C13H14N4O2S2/c1-8-2-3-9-10(5-14)13(20-11(9)4-8)17-21(18,19)12-6-15-7-16-12/h6-8,17H,2-4H2,1H3,(H,15,16). The van der Waals surface area contributed by atoms with Crippen molar-refractivity contribution in [3.8, 4) is 6.07 Å². The van der Waals surface area contributed by atoms with Crippen molar-refractivity contribution in [2.75, 3.05) is 4.72 Å². The van der Waals surface area contributed by atoms with Gasteiger partial charge in [-0.2, -0.15) is 13.7 Å². The van der Waals surface area contributed by atoms with E-state index in [9.17, 15) is 13.7 Å². The Labute approximate surface area is 126 Å². The molecule has 2 aromatic heterocycles. The number of aromatic nitrogens is 2. The predicted molar refractivity (Wildman–Crippen MR) is 79.6 cm³/mol. The molecule has 6 nitrogen and oxygen atoms in total. The average molecular weight is 322 g/mol. The lowest BCUT2D eigenvalue weighted by Crippen LogP contribution is -2.13. The Morgan fingerprint density at radius 1 is 1.57 bits per heavy atom. The van der Waals surface area contributed by atoms with Gasteiger partial charge in [0.15, 0.2) is 5.03 Å². The van der Waals surface area contributed by atoms with E-state index in [2.05, 4.69) is 27.7 Å². The van der Waals surface area contributed by atoms with Crippen LogP contribution in [0.5, 0.6) is 0 Å². The smallest absolute Gasteiger partial charge is 0.279 e. The van der Waals surface area contributed by atoms with Crippen molar-refractivity contribution in [3.05, 3.63) is 28.5 Å². The Kier molecular flexibility index (Phi) is 3.47. The van der Waals surface area contributed by atoms with Crippen LogP contribution in [-0.2, 0) is 22.9 Å². The van der Waals surface area contributed by atoms with E-state index in [1.807, 2.05) is 0 Å². The molecule has 1 aliphatic rings. The van der Waals surface area contributed by atoms with Crippen LogP contribution in [0.1, 0.15) is 29.3 Å². The van der Waals surface area contributed by atoms with E-state index >= 15 is 0 Å². The summed E-state index contributed by atoms with van der Waals surface area (Å²) in [5.74, 6) is 0.569. The van der Waals surface area contributed by atoms with Gasteiger partial charge in [0.2, 0.25) is 0 Å². The first kappa shape index (κ1) is 14.1. The van der Waals surface area contributed by atoms with Crippen molar-refractivity contribution in [1.82, 2.24) is 9.97 Å². The van der Waals surface area contributed by atoms with Crippen LogP contribution in [0.15, 0.2) is 17.6 Å². The minimum Gasteiger partial charge on any atom is -0.334 e. The van der Waals surface area contributed by atoms with Gasteiger partial charge in [-0.1, -0.05) is 6.92 Å². The normalized spacial score (nSPS) is 18.0. The number of anilines is 1. The molecule has 0 fully saturated rings. The van der Waals surface area contributed by atoms with E-state index < -0.39 is 10.0 Å². The van der Waals surface area contributed by atoms with Crippen LogP contribution in [0.4, 0.5) is 5.00 Å². The zero-order chi connectivity index (χ0) is 15.0. The summed E-state index contributed by atoms with van der Waals surface area (Å²) >= 11 is 1.37. The number of nitrogens with zero attached hydrogens (tertiary/aromatic N) is 2. The second-order valence-electron chi connectivity index (χ2n) is 5.19. The number of hydrogen-bond acceptors (Lipinski definition) is 5. The molecule has 0 amide bonds. The molecule has 0 aromatic carbocycles. The quantitative estimate of drug-likeness (QED) is 0.905. The van der Waals surface area contributed by atoms with E-state index in [4.69, 9.17) is 0 Å². The maximum atomic E-state index is 12.2. The number of imidazole rings is 1. The summed E-state index contributed by atoms with van der Waals surface area (Å²) in [5.41, 5.74) is 1.47. The summed E-state index contributed by atoms with van der Waals surface area (Å²) in [5, 5.41) is 9.76. The minimum absolute atomic E-state index is 0.00821. The zero-order valence-corrected chi connectivity index (χ0v) is 13.0. The summed E-state index contributed by atoms with van der Waals surface area (Å²) in [7, 11) is -3.72. The first-order valence-electron chi connectivity index (χ1n) is 6.57. The van der Waals surface area contributed by atoms with Crippen LogP contribution < -0.4 is 4.72 Å². The fourth-order valence-corrected chi connectivity index (χ4v) is 5.08. The molecule has 2 aromatic rings. The maximum Gasteiger partial charge on any atom is 0.279 e. The lowest BCUT2D eigenvalue weighted by molar-refractivity contribution is 0.507. The Hall–Kier alpha value is -1.85. The molecule has 3 rings (SSSR count). The van der Waals surface area contributed by atoms with E-state index in [1.54, 1.807) is 0 Å². The highest BCUT2D eigenvalue weighted by Crippen LogP contribution is 2.39. The van der Waals surface area contributed by atoms with Crippen molar-refractivity contribution >= 4 is 26.4 Å². The van der Waals surface area contributed by atoms with Crippen molar-refractivity contribution in [3.63, 3.8) is 0 Å². The topological polar surface area (TPSA) is 98.6 Å². The molecule has 2 heterocycles. The van der Waals surface area contributed by atoms with Crippen molar-refractivity contribution in [1.29, 1.82) is 5.26 Å². The van der Waals surface area contributed by atoms with Crippen LogP contribution in [-0.4, -0.2) is 18.4 Å². The molecule has 21 heavy (non-hydrogen) atoms. The summed E-state index contributed by atoms with van der Waals surface area (Å²) in [6.45, 7) is 2.17. The Morgan fingerprint density at radius 2 is 2.38 bits per heavy atom. The first-order chi connectivity index (χ1) is 10.0. The van der Waals surface area contributed by atoms with E-state index in [0.29, 0.717) is 16.5 Å². The van der Waals surface area contributed by atoms with Gasteiger partial charge in [-0.25, -0.2) is 4.98 Å². The fourth-order valence-electron chi connectivity index (χ4n) is 2.51. The Morgan fingerprint density at radius 3 is 3.05 bits per heavy atom. The number of hydrogen-bond donors (Lipinski definition) is 2. The molecule has 0 bridgehead atoms. The van der Waals surface area contributed by atoms with E-state index in [0.717, 1.165) is 29.7 Å². The molecule has 0 radical (unpaired) electrons. The highest BCUT2D eigenvalue weighted by Gasteiger charge is 2.26. The van der Waals surface area contributed by atoms with Gasteiger partial charge in [0.05, 0.1) is 18.1 Å². The fraction of sp³-hybridized carbons (Fsp3) is 0.385. The van der Waals surface area contributed by atoms with Gasteiger partial charge in [-0.3, -0.25) is 4.72 Å². The lowest BCUT2D eigenvalue weighted by Gasteiger charge is -2.17. The van der Waals surface area contributed by atoms with Gasteiger partial charge in [0.25, 0.3) is 10.0 Å². The third-order valence-corrected chi connectivity index (χ3v) is 6.19. The van der Waals surface area contributed by atoms with Crippen LogP contribution in [0, 0.1) is 17.2 Å². The molecule has 0 spiro atoms. The SMILES string of the molecule is CC1CCc2c(sc(NS(=O)(=O)c3cnc[nH]3)c2C#N)C1. The number of nitrogens with one attached hydrogen (secondary N) is 2. The number of aromatic amines is 1. The minimum atomic E-state index is -3.72. The van der Waals surface area contributed by atoms with Gasteiger partial charge in [-0.15, -0.1) is 11.3 Å². The highest BCUT2D eigenvalue weighted by atomic mass is 32.2. The largest absolute Gasteiger partial charge is 0.334 e. The summed E-state index contributed by atoms with van der Waals surface area (Å²) < 4.78 is 27.0. The second-order valence-corrected chi connectivity index (χ2v) is 7.95. The second kappa shape index (κ2) is 5.16. The number of nitriles is 1. The van der Waals surface area contributed by atoms with E-state index in [1.165, 1.54) is 23.9 Å². The molecular formula is C13H14N4O2S2. The molecule has 8 heteroatoms. The number of thiophene rings is 1. The third kappa shape index (κ3) is 2.54. The van der Waals surface area contributed by atoms with Crippen LogP contribution in [0.3, 0.4) is 0 Å². The highest BCUT2D eigenvalue weighted by molar-refractivity contribution is 7.92. The molecule has 1 atom stereocenters. The van der Waals surface area contributed by atoms with Crippen LogP contribution in [0.25, 0.3) is 0 Å². The van der Waals surface area contributed by atoms with Gasteiger partial charge in [-0.05, 0) is 30.7 Å². The summed E-state index contributed by atoms with van der Waals surface area (Å²) in [4.78, 5) is 7.39. The lowest BCUT2D eigenvalue weighted by atomic mass is 9.89. The molecular weight excluding hydrogens is 308 g/mol. The molecule has 1 aliphatic carbocycles. The number of fused-ring (bicyclic) bond motifs is 1. The van der Waals surface area contributed by atoms with Gasteiger partial charge in [0.1, 0.15) is 11.1 Å². The molecule has 1 unspecified atom stereocenters. The molecule has 110 valence electrons. The Balaban J connectivity index is 1.99. The van der Waals surface area contributed by atoms with Crippen molar-refractivity contribution in [2.24, 2.45) is 5.92 Å². The third-order valence-electron chi connectivity index (χ3n) is 3.61. The van der Waals surface area contributed by atoms with Crippen molar-refractivity contribution < 1.29 is 8.42 Å². The number of rotatable bonds is 3. The van der Waals surface area contributed by atoms with Crippen LogP contribution >= 0.6 is 11.3 Å². The monoisotopic (exact) mass is 322 g/mol. The van der Waals surface area contributed by atoms with Crippen molar-refractivity contribution in [2.45, 2.75) is 31.2 Å². The Bertz CT molecular complexity index is 800. The summed E-state index contributed by atoms with van der Waals surface area (Å²) in [6, 6.07) is 2.14. The maximum absolute atomic E-state index is 12.2. The molecule has 0 saturated carbocycles. The first-order valence-corrected chi connectivity index (χ1v) is 8.87. The molecule has 2 N–H and O–H groups in total. The number of H-pyrrole nitrogens is 1. The average Bonchev–Trinajstić information content (AvgIpc) is 3.04. The van der Waals surface area contributed by atoms with Gasteiger partial charge < -0.3 is 4.98 Å². The van der Waals surface area contributed by atoms with Crippen LogP contribution in [0.2, 0.25) is 0 Å². The van der Waals surface area contributed by atoms with Gasteiger partial charge in [0, 0.05) is 4.88 Å². The molecule has 0 aliphatic heterocycles. The molecule has 0 saturated heterocycles. The number of sulfonamides is 1. The summed E-state index contributed by atoms with van der Waals surface area (Å²) in [6.07, 6.45) is 5.32. The predicted octanol–water partition coefficient (Wildman–Crippen LogP) is 2.27.